The molecule has 0 saturated heterocycles. The molecular formula is C19H16N4O5S. The Morgan fingerprint density at radius 3 is 2.55 bits per heavy atom. The lowest BCUT2D eigenvalue weighted by atomic mass is 10.2. The third-order valence-corrected chi connectivity index (χ3v) is 5.63. The van der Waals surface area contributed by atoms with E-state index in [1.54, 1.807) is 42.5 Å². The fraction of sp³-hybridized carbons (Fsp3) is 0.0526. The number of sulfonamides is 1. The van der Waals surface area contributed by atoms with Crippen LogP contribution in [0.3, 0.4) is 0 Å². The molecule has 0 aliphatic rings. The van der Waals surface area contributed by atoms with Gasteiger partial charge in [-0.1, -0.05) is 18.2 Å². The molecule has 0 aliphatic heterocycles. The van der Waals surface area contributed by atoms with E-state index in [-0.39, 0.29) is 16.7 Å². The molecule has 0 aliphatic carbocycles. The molecule has 0 spiro atoms. The summed E-state index contributed by atoms with van der Waals surface area (Å²) in [6, 6.07) is 14.8. The zero-order valence-electron chi connectivity index (χ0n) is 15.2. The van der Waals surface area contributed by atoms with Crippen LogP contribution in [0.2, 0.25) is 0 Å². The molecule has 2 heterocycles. The minimum atomic E-state index is -3.81. The van der Waals surface area contributed by atoms with Crippen LogP contribution >= 0.6 is 0 Å². The smallest absolute Gasteiger partial charge is 0.411 e. The summed E-state index contributed by atoms with van der Waals surface area (Å²) in [5, 5.41) is 1.16. The number of hydrogen-bond donors (Lipinski definition) is 3. The highest BCUT2D eigenvalue weighted by Gasteiger charge is 2.19. The molecule has 0 radical (unpaired) electrons. The van der Waals surface area contributed by atoms with Crippen LogP contribution in [0.1, 0.15) is 0 Å². The van der Waals surface area contributed by atoms with Crippen molar-refractivity contribution in [2.45, 2.75) is 4.90 Å². The molecule has 4 aromatic rings. The number of methoxy groups -OCH3 is 1. The van der Waals surface area contributed by atoms with E-state index in [0.717, 1.165) is 0 Å². The van der Waals surface area contributed by atoms with Gasteiger partial charge in [-0.25, -0.2) is 13.2 Å². The summed E-state index contributed by atoms with van der Waals surface area (Å²) in [7, 11) is -2.40. The highest BCUT2D eigenvalue weighted by Crippen LogP contribution is 2.34. The van der Waals surface area contributed by atoms with Crippen molar-refractivity contribution in [3.8, 4) is 11.8 Å². The number of benzene rings is 2. The zero-order valence-corrected chi connectivity index (χ0v) is 16.0. The molecular weight excluding hydrogens is 396 g/mol. The van der Waals surface area contributed by atoms with Gasteiger partial charge >= 0.3 is 6.09 Å². The van der Waals surface area contributed by atoms with E-state index in [0.29, 0.717) is 27.5 Å². The fourth-order valence-electron chi connectivity index (χ4n) is 2.98. The van der Waals surface area contributed by atoms with E-state index in [4.69, 9.17) is 15.2 Å². The summed E-state index contributed by atoms with van der Waals surface area (Å²) in [6.07, 6.45) is -1.03. The second kappa shape index (κ2) is 6.99. The van der Waals surface area contributed by atoms with Crippen LogP contribution < -0.4 is 19.9 Å². The van der Waals surface area contributed by atoms with Gasteiger partial charge in [0, 0.05) is 28.0 Å². The summed E-state index contributed by atoms with van der Waals surface area (Å²) in [5.74, 6) is 0.125. The van der Waals surface area contributed by atoms with Crippen molar-refractivity contribution >= 4 is 43.6 Å². The summed E-state index contributed by atoms with van der Waals surface area (Å²) in [5.41, 5.74) is 6.59. The monoisotopic (exact) mass is 412 g/mol. The molecule has 2 aromatic carbocycles. The topological polar surface area (TPSA) is 136 Å². The van der Waals surface area contributed by atoms with Crippen molar-refractivity contribution in [2.75, 3.05) is 11.8 Å². The number of anilines is 1. The van der Waals surface area contributed by atoms with Gasteiger partial charge in [-0.05, 0) is 30.3 Å². The number of aromatic amines is 1. The van der Waals surface area contributed by atoms with Crippen molar-refractivity contribution < 1.29 is 22.7 Å². The second-order valence-electron chi connectivity index (χ2n) is 6.12. The predicted molar refractivity (Wildman–Crippen MR) is 108 cm³/mol. The van der Waals surface area contributed by atoms with Crippen LogP contribution in [0, 0.1) is 0 Å². The number of para-hydroxylation sites is 1. The molecule has 0 unspecified atom stereocenters. The fourth-order valence-corrected chi connectivity index (χ4v) is 4.07. The Morgan fingerprint density at radius 1 is 1.10 bits per heavy atom. The lowest BCUT2D eigenvalue weighted by Gasteiger charge is -2.08. The van der Waals surface area contributed by atoms with Crippen LogP contribution in [-0.2, 0) is 10.0 Å². The Hall–Kier alpha value is -3.79. The standard InChI is InChI=1S/C19H16N4O5S/c1-27-16-10-14-13-9-12(29(25,26)23-11-5-3-2-4-6-11)7-8-15(13)21-17(14)18(22-16)28-19(20)24/h2-10,21,23H,1H3,(H2,20,24). The van der Waals surface area contributed by atoms with Crippen LogP contribution in [0.4, 0.5) is 10.5 Å². The number of fused-ring (bicyclic) bond motifs is 3. The van der Waals surface area contributed by atoms with Crippen molar-refractivity contribution in [3.63, 3.8) is 0 Å². The molecule has 0 bridgehead atoms. The molecule has 4 rings (SSSR count). The van der Waals surface area contributed by atoms with Gasteiger partial charge in [0.2, 0.25) is 5.88 Å². The Kier molecular flexibility index (Phi) is 4.47. The molecule has 4 N–H and O–H groups in total. The Bertz CT molecular complexity index is 1330. The van der Waals surface area contributed by atoms with E-state index >= 15 is 0 Å². The summed E-state index contributed by atoms with van der Waals surface area (Å²) < 4.78 is 38.2. The van der Waals surface area contributed by atoms with Gasteiger partial charge in [-0.2, -0.15) is 4.98 Å². The van der Waals surface area contributed by atoms with Crippen molar-refractivity contribution in [3.05, 3.63) is 54.6 Å². The van der Waals surface area contributed by atoms with Crippen LogP contribution in [-0.4, -0.2) is 31.6 Å². The first-order chi connectivity index (χ1) is 13.9. The minimum absolute atomic E-state index is 0.0603. The first kappa shape index (κ1) is 18.6. The zero-order chi connectivity index (χ0) is 20.6. The van der Waals surface area contributed by atoms with Crippen LogP contribution in [0.25, 0.3) is 21.8 Å². The quantitative estimate of drug-likeness (QED) is 0.461. The number of hydrogen-bond acceptors (Lipinski definition) is 6. The third kappa shape index (κ3) is 3.52. The maximum Gasteiger partial charge on any atom is 0.411 e. The lowest BCUT2D eigenvalue weighted by molar-refractivity contribution is 0.209. The van der Waals surface area contributed by atoms with Gasteiger partial charge in [-0.3, -0.25) is 4.72 Å². The van der Waals surface area contributed by atoms with Gasteiger partial charge in [0.1, 0.15) is 5.52 Å². The number of ether oxygens (including phenoxy) is 2. The van der Waals surface area contributed by atoms with Crippen molar-refractivity contribution in [2.24, 2.45) is 5.73 Å². The number of rotatable bonds is 5. The highest BCUT2D eigenvalue weighted by molar-refractivity contribution is 7.92. The number of primary amides is 1. The molecule has 29 heavy (non-hydrogen) atoms. The number of nitrogens with zero attached hydrogens (tertiary/aromatic N) is 1. The van der Waals surface area contributed by atoms with Crippen LogP contribution in [0.15, 0.2) is 59.5 Å². The number of nitrogens with two attached hydrogens (primary N) is 1. The molecule has 2 aromatic heterocycles. The molecule has 0 fully saturated rings. The average Bonchev–Trinajstić information content (AvgIpc) is 3.06. The van der Waals surface area contributed by atoms with Crippen molar-refractivity contribution in [1.82, 2.24) is 9.97 Å². The maximum absolute atomic E-state index is 12.8. The second-order valence-corrected chi connectivity index (χ2v) is 7.80. The number of aromatic nitrogens is 2. The first-order valence-electron chi connectivity index (χ1n) is 8.43. The first-order valence-corrected chi connectivity index (χ1v) is 9.91. The maximum atomic E-state index is 12.8. The molecule has 148 valence electrons. The van der Waals surface area contributed by atoms with Gasteiger partial charge in [0.05, 0.1) is 12.0 Å². The minimum Gasteiger partial charge on any atom is -0.481 e. The Morgan fingerprint density at radius 2 is 1.86 bits per heavy atom. The normalized spacial score (nSPS) is 11.5. The molecule has 0 atom stereocenters. The number of H-pyrrole nitrogens is 1. The molecule has 10 heteroatoms. The predicted octanol–water partition coefficient (Wildman–Crippen LogP) is 2.98. The van der Waals surface area contributed by atoms with E-state index < -0.39 is 16.1 Å². The SMILES string of the molecule is COc1cc2c([nH]c3ccc(S(=O)(=O)Nc4ccccc4)cc32)c(OC(N)=O)n1. The van der Waals surface area contributed by atoms with Gasteiger partial charge in [0.15, 0.2) is 0 Å². The number of carbonyl (C=O) groups excluding carboxylic acids is 1. The largest absolute Gasteiger partial charge is 0.481 e. The highest BCUT2D eigenvalue weighted by atomic mass is 32.2. The Balaban J connectivity index is 1.87. The third-order valence-electron chi connectivity index (χ3n) is 4.25. The van der Waals surface area contributed by atoms with E-state index in [1.807, 2.05) is 0 Å². The van der Waals surface area contributed by atoms with Gasteiger partial charge in [-0.15, -0.1) is 0 Å². The van der Waals surface area contributed by atoms with E-state index in [1.165, 1.54) is 19.2 Å². The number of nitrogens with one attached hydrogen (secondary N) is 2. The molecule has 0 saturated carbocycles. The number of pyridine rings is 1. The van der Waals surface area contributed by atoms with Crippen molar-refractivity contribution in [1.29, 1.82) is 0 Å². The van der Waals surface area contributed by atoms with E-state index in [9.17, 15) is 13.2 Å². The number of amides is 1. The van der Waals surface area contributed by atoms with E-state index in [2.05, 4.69) is 14.7 Å². The van der Waals surface area contributed by atoms with Gasteiger partial charge in [0.25, 0.3) is 15.9 Å². The molecule has 9 nitrogen and oxygen atoms in total. The lowest BCUT2D eigenvalue weighted by Crippen LogP contribution is -2.17. The van der Waals surface area contributed by atoms with Gasteiger partial charge < -0.3 is 20.2 Å². The molecule has 1 amide bonds. The average molecular weight is 412 g/mol. The van der Waals surface area contributed by atoms with Crippen LogP contribution in [0.5, 0.6) is 11.8 Å². The summed E-state index contributed by atoms with van der Waals surface area (Å²) in [4.78, 5) is 18.4. The summed E-state index contributed by atoms with van der Waals surface area (Å²) in [6.45, 7) is 0. The Labute approximate surface area is 165 Å². The summed E-state index contributed by atoms with van der Waals surface area (Å²) >= 11 is 0. The number of carbonyl (C=O) groups is 1.